The Labute approximate surface area is 163 Å². The van der Waals surface area contributed by atoms with Gasteiger partial charge in [-0.1, -0.05) is 28.1 Å². The van der Waals surface area contributed by atoms with E-state index in [1.807, 2.05) is 38.1 Å². The molecule has 0 radical (unpaired) electrons. The van der Waals surface area contributed by atoms with E-state index in [2.05, 4.69) is 15.9 Å². The maximum Gasteiger partial charge on any atom is 0.253 e. The molecule has 2 aromatic rings. The molecule has 0 atom stereocenters. The zero-order valence-electron chi connectivity index (χ0n) is 15.1. The number of carbonyl (C=O) groups excluding carboxylic acids is 1. The minimum Gasteiger partial charge on any atom is -0.339 e. The Bertz CT molecular complexity index is 845. The summed E-state index contributed by atoms with van der Waals surface area (Å²) >= 11 is 3.36. The number of carbonyl (C=O) groups is 1. The molecule has 0 spiro atoms. The second-order valence-corrected chi connectivity index (χ2v) is 8.85. The van der Waals surface area contributed by atoms with Crippen LogP contribution in [0.25, 0.3) is 0 Å². The predicted octanol–water partition coefficient (Wildman–Crippen LogP) is 3.75. The lowest BCUT2D eigenvalue weighted by atomic mass is 10.2. The lowest BCUT2D eigenvalue weighted by molar-refractivity contribution is 0.0773. The van der Waals surface area contributed by atoms with Gasteiger partial charge in [-0.3, -0.25) is 4.79 Å². The average molecular weight is 439 g/mol. The van der Waals surface area contributed by atoms with E-state index in [1.165, 1.54) is 16.4 Å². The van der Waals surface area contributed by atoms with Crippen LogP contribution in [0.3, 0.4) is 0 Å². The summed E-state index contributed by atoms with van der Waals surface area (Å²) in [5, 5.41) is 0. The van der Waals surface area contributed by atoms with Crippen molar-refractivity contribution in [2.45, 2.75) is 25.3 Å². The quantitative estimate of drug-likeness (QED) is 0.661. The van der Waals surface area contributed by atoms with Crippen LogP contribution in [0.15, 0.2) is 57.9 Å². The van der Waals surface area contributed by atoms with E-state index in [0.29, 0.717) is 18.7 Å². The van der Waals surface area contributed by atoms with Gasteiger partial charge >= 0.3 is 0 Å². The summed E-state index contributed by atoms with van der Waals surface area (Å²) in [5.74, 6) is -0.0952. The largest absolute Gasteiger partial charge is 0.339 e. The number of rotatable bonds is 7. The summed E-state index contributed by atoms with van der Waals surface area (Å²) < 4.78 is 27.8. The molecule has 0 aliphatic heterocycles. The molecule has 0 saturated heterocycles. The standard InChI is InChI=1S/C19H23BrN2O3S/c1-4-22(5-2)19(23)16-8-12-18(13-9-16)26(24,25)21(3)14-15-6-10-17(20)11-7-15/h6-13H,4-5,14H2,1-3H3. The Morgan fingerprint density at radius 1 is 0.962 bits per heavy atom. The third-order valence-electron chi connectivity index (χ3n) is 4.18. The van der Waals surface area contributed by atoms with Crippen LogP contribution in [-0.2, 0) is 16.6 Å². The van der Waals surface area contributed by atoms with Gasteiger partial charge in [-0.25, -0.2) is 8.42 Å². The third kappa shape index (κ3) is 4.72. The lowest BCUT2D eigenvalue weighted by Crippen LogP contribution is -2.30. The third-order valence-corrected chi connectivity index (χ3v) is 6.52. The second-order valence-electron chi connectivity index (χ2n) is 5.89. The zero-order chi connectivity index (χ0) is 19.3. The number of amides is 1. The van der Waals surface area contributed by atoms with E-state index in [9.17, 15) is 13.2 Å². The second kappa shape index (κ2) is 8.79. The van der Waals surface area contributed by atoms with Gasteiger partial charge < -0.3 is 4.90 Å². The maximum atomic E-state index is 12.8. The molecular formula is C19H23BrN2O3S. The van der Waals surface area contributed by atoms with Crippen molar-refractivity contribution in [1.29, 1.82) is 0 Å². The predicted molar refractivity (Wildman–Crippen MR) is 106 cm³/mol. The summed E-state index contributed by atoms with van der Waals surface area (Å²) in [5.41, 5.74) is 1.39. The van der Waals surface area contributed by atoms with Gasteiger partial charge in [0.15, 0.2) is 0 Å². The molecule has 26 heavy (non-hydrogen) atoms. The van der Waals surface area contributed by atoms with Crippen LogP contribution in [0.1, 0.15) is 29.8 Å². The molecule has 0 bridgehead atoms. The first kappa shape index (κ1) is 20.6. The highest BCUT2D eigenvalue weighted by atomic mass is 79.9. The molecule has 5 nitrogen and oxygen atoms in total. The first-order valence-corrected chi connectivity index (χ1v) is 10.6. The number of nitrogens with zero attached hydrogens (tertiary/aromatic N) is 2. The molecule has 0 aliphatic carbocycles. The summed E-state index contributed by atoms with van der Waals surface area (Å²) in [7, 11) is -2.08. The average Bonchev–Trinajstić information content (AvgIpc) is 2.64. The highest BCUT2D eigenvalue weighted by Gasteiger charge is 2.22. The fraction of sp³-hybridized carbons (Fsp3) is 0.316. The number of halogens is 1. The molecule has 0 saturated carbocycles. The van der Waals surface area contributed by atoms with Gasteiger partial charge in [-0.15, -0.1) is 0 Å². The highest BCUT2D eigenvalue weighted by Crippen LogP contribution is 2.19. The smallest absolute Gasteiger partial charge is 0.253 e. The van der Waals surface area contributed by atoms with Crippen LogP contribution in [0, 0.1) is 0 Å². The van der Waals surface area contributed by atoms with Gasteiger partial charge in [0.05, 0.1) is 4.90 Å². The van der Waals surface area contributed by atoms with E-state index in [1.54, 1.807) is 24.1 Å². The van der Waals surface area contributed by atoms with Crippen LogP contribution in [-0.4, -0.2) is 43.7 Å². The monoisotopic (exact) mass is 438 g/mol. The van der Waals surface area contributed by atoms with Crippen molar-refractivity contribution in [3.8, 4) is 0 Å². The van der Waals surface area contributed by atoms with Gasteiger partial charge in [0.25, 0.3) is 5.91 Å². The molecule has 1 amide bonds. The van der Waals surface area contributed by atoms with Crippen LogP contribution in [0.2, 0.25) is 0 Å². The number of hydrogen-bond acceptors (Lipinski definition) is 3. The summed E-state index contributed by atoms with van der Waals surface area (Å²) in [6.45, 7) is 5.33. The van der Waals surface area contributed by atoms with Crippen molar-refractivity contribution in [1.82, 2.24) is 9.21 Å². The molecule has 0 unspecified atom stereocenters. The molecule has 2 rings (SSSR count). The maximum absolute atomic E-state index is 12.8. The van der Waals surface area contributed by atoms with Crippen LogP contribution in [0.4, 0.5) is 0 Å². The van der Waals surface area contributed by atoms with E-state index in [0.717, 1.165) is 10.0 Å². The lowest BCUT2D eigenvalue weighted by Gasteiger charge is -2.20. The molecule has 0 fully saturated rings. The number of benzene rings is 2. The van der Waals surface area contributed by atoms with Crippen molar-refractivity contribution in [2.75, 3.05) is 20.1 Å². The summed E-state index contributed by atoms with van der Waals surface area (Å²) in [4.78, 5) is 14.2. The van der Waals surface area contributed by atoms with E-state index in [4.69, 9.17) is 0 Å². The molecule has 0 heterocycles. The summed E-state index contributed by atoms with van der Waals surface area (Å²) in [6, 6.07) is 13.6. The molecule has 0 N–H and O–H groups in total. The molecule has 2 aromatic carbocycles. The topological polar surface area (TPSA) is 57.7 Å². The van der Waals surface area contributed by atoms with Crippen molar-refractivity contribution in [3.05, 3.63) is 64.1 Å². The van der Waals surface area contributed by atoms with Crippen LogP contribution in [0.5, 0.6) is 0 Å². The van der Waals surface area contributed by atoms with Gasteiger partial charge in [-0.2, -0.15) is 4.31 Å². The Kier molecular flexibility index (Phi) is 6.97. The molecule has 0 aliphatic rings. The van der Waals surface area contributed by atoms with Crippen LogP contribution >= 0.6 is 15.9 Å². The van der Waals surface area contributed by atoms with Crippen LogP contribution < -0.4 is 0 Å². The molecular weight excluding hydrogens is 416 g/mol. The fourth-order valence-corrected chi connectivity index (χ4v) is 4.00. The Balaban J connectivity index is 2.18. The van der Waals surface area contributed by atoms with E-state index < -0.39 is 10.0 Å². The van der Waals surface area contributed by atoms with Gasteiger partial charge in [-0.05, 0) is 55.8 Å². The first-order chi connectivity index (χ1) is 12.3. The molecule has 7 heteroatoms. The Hall–Kier alpha value is -1.70. The minimum atomic E-state index is -3.62. The molecule has 140 valence electrons. The van der Waals surface area contributed by atoms with Gasteiger partial charge in [0.1, 0.15) is 0 Å². The van der Waals surface area contributed by atoms with E-state index >= 15 is 0 Å². The van der Waals surface area contributed by atoms with E-state index in [-0.39, 0.29) is 17.3 Å². The van der Waals surface area contributed by atoms with Gasteiger partial charge in [0, 0.05) is 36.7 Å². The minimum absolute atomic E-state index is 0.0952. The van der Waals surface area contributed by atoms with Crippen molar-refractivity contribution < 1.29 is 13.2 Å². The zero-order valence-corrected chi connectivity index (χ0v) is 17.5. The SMILES string of the molecule is CCN(CC)C(=O)c1ccc(S(=O)(=O)N(C)Cc2ccc(Br)cc2)cc1. The Morgan fingerprint density at radius 2 is 1.50 bits per heavy atom. The number of hydrogen-bond donors (Lipinski definition) is 0. The summed E-state index contributed by atoms with van der Waals surface area (Å²) in [6.07, 6.45) is 0. The fourth-order valence-electron chi connectivity index (χ4n) is 2.57. The van der Waals surface area contributed by atoms with Gasteiger partial charge in [0.2, 0.25) is 10.0 Å². The Morgan fingerprint density at radius 3 is 2.00 bits per heavy atom. The highest BCUT2D eigenvalue weighted by molar-refractivity contribution is 9.10. The number of sulfonamides is 1. The van der Waals surface area contributed by atoms with Crippen molar-refractivity contribution in [2.24, 2.45) is 0 Å². The normalized spacial score (nSPS) is 11.6. The van der Waals surface area contributed by atoms with Crippen molar-refractivity contribution in [3.63, 3.8) is 0 Å². The first-order valence-electron chi connectivity index (χ1n) is 8.39. The van der Waals surface area contributed by atoms with Crippen molar-refractivity contribution >= 4 is 31.9 Å². The molecule has 0 aromatic heterocycles.